The Hall–Kier alpha value is -2.09. The molecule has 0 aliphatic carbocycles. The Labute approximate surface area is 101 Å². The summed E-state index contributed by atoms with van der Waals surface area (Å²) in [5.41, 5.74) is 9.93. The molecule has 1 amide bonds. The van der Waals surface area contributed by atoms with E-state index in [4.69, 9.17) is 5.73 Å². The first-order valence-electron chi connectivity index (χ1n) is 5.65. The molecule has 1 radical (unpaired) electrons. The Balaban J connectivity index is 2.12. The maximum atomic E-state index is 11.1. The molecule has 0 fully saturated rings. The van der Waals surface area contributed by atoms with E-state index in [0.717, 1.165) is 18.4 Å². The van der Waals surface area contributed by atoms with Crippen molar-refractivity contribution in [2.24, 2.45) is 0 Å². The van der Waals surface area contributed by atoms with Gasteiger partial charge in [-0.2, -0.15) is 0 Å². The highest BCUT2D eigenvalue weighted by Crippen LogP contribution is 2.12. The molecule has 0 unspecified atom stereocenters. The summed E-state index contributed by atoms with van der Waals surface area (Å²) in [6.07, 6.45) is 1.69. The molecular formula is C15H14NO. The van der Waals surface area contributed by atoms with Gasteiger partial charge in [-0.1, -0.05) is 48.5 Å². The van der Waals surface area contributed by atoms with E-state index in [9.17, 15) is 4.79 Å². The molecule has 0 saturated heterocycles. The molecule has 0 spiro atoms. The van der Waals surface area contributed by atoms with Crippen molar-refractivity contribution in [3.8, 4) is 0 Å². The first-order chi connectivity index (χ1) is 8.27. The van der Waals surface area contributed by atoms with E-state index < -0.39 is 5.91 Å². The van der Waals surface area contributed by atoms with Crippen molar-refractivity contribution in [3.63, 3.8) is 0 Å². The lowest BCUT2D eigenvalue weighted by molar-refractivity contribution is 0.0991. The van der Waals surface area contributed by atoms with Crippen LogP contribution in [0.2, 0.25) is 0 Å². The minimum Gasteiger partial charge on any atom is -0.267 e. The van der Waals surface area contributed by atoms with Gasteiger partial charge >= 0.3 is 0 Å². The number of carbonyl (C=O) groups excluding carboxylic acids is 1. The molecule has 0 saturated carbocycles. The number of benzene rings is 2. The highest BCUT2D eigenvalue weighted by molar-refractivity contribution is 5.93. The summed E-state index contributed by atoms with van der Waals surface area (Å²) in [4.78, 5) is 11.1. The Morgan fingerprint density at radius 2 is 1.53 bits per heavy atom. The van der Waals surface area contributed by atoms with E-state index in [1.165, 1.54) is 5.56 Å². The lowest BCUT2D eigenvalue weighted by Crippen LogP contribution is -2.04. The highest BCUT2D eigenvalue weighted by Gasteiger charge is 2.07. The van der Waals surface area contributed by atoms with E-state index in [2.05, 4.69) is 12.1 Å². The smallest absolute Gasteiger partial charge is 0.267 e. The van der Waals surface area contributed by atoms with Gasteiger partial charge in [-0.3, -0.25) is 10.5 Å². The summed E-state index contributed by atoms with van der Waals surface area (Å²) in [5, 5.41) is 0. The topological polar surface area (TPSA) is 40.9 Å². The van der Waals surface area contributed by atoms with Crippen molar-refractivity contribution in [3.05, 3.63) is 71.3 Å². The first kappa shape index (κ1) is 11.4. The number of hydrogen-bond acceptors (Lipinski definition) is 1. The van der Waals surface area contributed by atoms with E-state index >= 15 is 0 Å². The van der Waals surface area contributed by atoms with Crippen LogP contribution in [-0.2, 0) is 12.8 Å². The van der Waals surface area contributed by atoms with Gasteiger partial charge in [0, 0.05) is 5.56 Å². The van der Waals surface area contributed by atoms with E-state index in [1.54, 1.807) is 12.1 Å². The predicted molar refractivity (Wildman–Crippen MR) is 67.7 cm³/mol. The number of rotatable bonds is 4. The van der Waals surface area contributed by atoms with Crippen LogP contribution in [-0.4, -0.2) is 5.91 Å². The quantitative estimate of drug-likeness (QED) is 0.787. The van der Waals surface area contributed by atoms with Gasteiger partial charge in [-0.15, -0.1) is 0 Å². The minimum absolute atomic E-state index is 0.517. The van der Waals surface area contributed by atoms with Gasteiger partial charge < -0.3 is 0 Å². The number of amides is 1. The molecule has 1 N–H and O–H groups in total. The average molecular weight is 224 g/mol. The molecule has 2 aromatic rings. The van der Waals surface area contributed by atoms with Crippen LogP contribution < -0.4 is 5.73 Å². The number of hydrogen-bond donors (Lipinski definition) is 0. The Morgan fingerprint density at radius 1 is 0.882 bits per heavy atom. The van der Waals surface area contributed by atoms with Gasteiger partial charge in [-0.05, 0) is 30.0 Å². The average Bonchev–Trinajstić information content (AvgIpc) is 2.38. The van der Waals surface area contributed by atoms with Crippen molar-refractivity contribution >= 4 is 5.91 Å². The minimum atomic E-state index is -0.603. The largest absolute Gasteiger partial charge is 0.269 e. The molecular weight excluding hydrogens is 210 g/mol. The van der Waals surface area contributed by atoms with Gasteiger partial charge in [0.1, 0.15) is 0 Å². The molecule has 0 aliphatic heterocycles. The van der Waals surface area contributed by atoms with Gasteiger partial charge in [0.05, 0.1) is 0 Å². The van der Waals surface area contributed by atoms with Crippen LogP contribution in [0.1, 0.15) is 21.5 Å². The highest BCUT2D eigenvalue weighted by atomic mass is 16.1. The molecule has 0 aromatic heterocycles. The zero-order valence-electron chi connectivity index (χ0n) is 9.52. The third-order valence-corrected chi connectivity index (χ3v) is 2.79. The fourth-order valence-electron chi connectivity index (χ4n) is 1.88. The molecule has 2 heteroatoms. The molecule has 2 aromatic carbocycles. The van der Waals surface area contributed by atoms with E-state index in [1.807, 2.05) is 30.3 Å². The van der Waals surface area contributed by atoms with Crippen molar-refractivity contribution in [2.75, 3.05) is 0 Å². The van der Waals surface area contributed by atoms with Crippen LogP contribution in [0.4, 0.5) is 0 Å². The lowest BCUT2D eigenvalue weighted by Gasteiger charge is -2.05. The molecule has 2 rings (SSSR count). The Bertz CT molecular complexity index is 505. The van der Waals surface area contributed by atoms with Crippen molar-refractivity contribution in [2.45, 2.75) is 12.8 Å². The molecule has 0 atom stereocenters. The van der Waals surface area contributed by atoms with Gasteiger partial charge in [0.2, 0.25) is 0 Å². The second-order valence-corrected chi connectivity index (χ2v) is 3.97. The Kier molecular flexibility index (Phi) is 3.55. The van der Waals surface area contributed by atoms with E-state index in [0.29, 0.717) is 5.56 Å². The molecule has 0 bridgehead atoms. The standard InChI is InChI=1S/C15H14NO/c16-15(17)14-9-5-4-8-13(14)11-10-12-6-2-1-3-7-12/h1-9,16H,10-11H2. The van der Waals surface area contributed by atoms with Crippen LogP contribution in [0.3, 0.4) is 0 Å². The summed E-state index contributed by atoms with van der Waals surface area (Å²) in [6.45, 7) is 0. The maximum absolute atomic E-state index is 11.1. The second kappa shape index (κ2) is 5.30. The molecule has 85 valence electrons. The van der Waals surface area contributed by atoms with Crippen molar-refractivity contribution in [1.82, 2.24) is 5.73 Å². The summed E-state index contributed by atoms with van der Waals surface area (Å²) >= 11 is 0. The second-order valence-electron chi connectivity index (χ2n) is 3.97. The molecule has 2 nitrogen and oxygen atoms in total. The zero-order chi connectivity index (χ0) is 12.1. The number of nitrogens with one attached hydrogen (secondary N) is 1. The first-order valence-corrected chi connectivity index (χ1v) is 5.65. The summed E-state index contributed by atoms with van der Waals surface area (Å²) in [5.74, 6) is -0.603. The normalized spacial score (nSPS) is 10.1. The summed E-state index contributed by atoms with van der Waals surface area (Å²) in [7, 11) is 0. The van der Waals surface area contributed by atoms with Crippen LogP contribution in [0.15, 0.2) is 54.6 Å². The molecule has 17 heavy (non-hydrogen) atoms. The fourth-order valence-corrected chi connectivity index (χ4v) is 1.88. The van der Waals surface area contributed by atoms with E-state index in [-0.39, 0.29) is 0 Å². The molecule has 0 heterocycles. The number of carbonyl (C=O) groups is 1. The third-order valence-electron chi connectivity index (χ3n) is 2.79. The summed E-state index contributed by atoms with van der Waals surface area (Å²) < 4.78 is 0. The van der Waals surface area contributed by atoms with Crippen molar-refractivity contribution < 1.29 is 4.79 Å². The van der Waals surface area contributed by atoms with Crippen molar-refractivity contribution in [1.29, 1.82) is 0 Å². The molecule has 0 aliphatic rings. The van der Waals surface area contributed by atoms with Crippen LogP contribution in [0.5, 0.6) is 0 Å². The van der Waals surface area contributed by atoms with Gasteiger partial charge in [0.25, 0.3) is 5.91 Å². The third kappa shape index (κ3) is 2.94. The van der Waals surface area contributed by atoms with Gasteiger partial charge in [0.15, 0.2) is 0 Å². The lowest BCUT2D eigenvalue weighted by atomic mass is 9.99. The SMILES string of the molecule is [NH]C(=O)c1ccccc1CCc1ccccc1. The van der Waals surface area contributed by atoms with Crippen LogP contribution in [0.25, 0.3) is 0 Å². The zero-order valence-corrected chi connectivity index (χ0v) is 9.52. The fraction of sp³-hybridized carbons (Fsp3) is 0.133. The predicted octanol–water partition coefficient (Wildman–Crippen LogP) is 2.89. The monoisotopic (exact) mass is 224 g/mol. The van der Waals surface area contributed by atoms with Gasteiger partial charge in [-0.25, -0.2) is 0 Å². The summed E-state index contributed by atoms with van der Waals surface area (Å²) in [6, 6.07) is 17.5. The number of aryl methyl sites for hydroxylation is 2. The van der Waals surface area contributed by atoms with Crippen LogP contribution >= 0.6 is 0 Å². The maximum Gasteiger partial charge on any atom is 0.269 e. The Morgan fingerprint density at radius 3 is 2.24 bits per heavy atom. The van der Waals surface area contributed by atoms with Crippen LogP contribution in [0, 0.1) is 0 Å².